The van der Waals surface area contributed by atoms with Gasteiger partial charge in [0, 0.05) is 18.8 Å². The molecule has 62 valence electrons. The minimum Gasteiger partial charge on any atom is -0.355 e. The Morgan fingerprint density at radius 1 is 1.64 bits per heavy atom. The standard InChI is InChI=1S/C7H11ClN2O/c8-4-1-3-7(11)10-6-2-5-9/h1-4,6H2,(H,10,11). The number of nitrogens with one attached hydrogen (secondary N) is 1. The van der Waals surface area contributed by atoms with Crippen LogP contribution in [0.1, 0.15) is 19.3 Å². The zero-order chi connectivity index (χ0) is 8.53. The zero-order valence-electron chi connectivity index (χ0n) is 6.27. The van der Waals surface area contributed by atoms with E-state index in [0.717, 1.165) is 0 Å². The molecule has 0 aliphatic heterocycles. The van der Waals surface area contributed by atoms with Crippen molar-refractivity contribution < 1.29 is 4.79 Å². The van der Waals surface area contributed by atoms with E-state index in [9.17, 15) is 4.79 Å². The predicted octanol–water partition coefficient (Wildman–Crippen LogP) is 1.04. The Morgan fingerprint density at radius 2 is 2.36 bits per heavy atom. The first kappa shape index (κ1) is 10.2. The van der Waals surface area contributed by atoms with E-state index in [2.05, 4.69) is 5.32 Å². The molecule has 0 radical (unpaired) electrons. The van der Waals surface area contributed by atoms with E-state index in [0.29, 0.717) is 31.7 Å². The van der Waals surface area contributed by atoms with Crippen LogP contribution in [-0.2, 0) is 4.79 Å². The van der Waals surface area contributed by atoms with E-state index in [-0.39, 0.29) is 5.91 Å². The summed E-state index contributed by atoms with van der Waals surface area (Å²) in [6.45, 7) is 0.442. The molecule has 0 spiro atoms. The summed E-state index contributed by atoms with van der Waals surface area (Å²) < 4.78 is 0. The lowest BCUT2D eigenvalue weighted by Gasteiger charge is -1.99. The van der Waals surface area contributed by atoms with Crippen LogP contribution >= 0.6 is 11.6 Å². The molecule has 0 heterocycles. The normalized spacial score (nSPS) is 8.73. The first-order chi connectivity index (χ1) is 5.31. The number of amides is 1. The number of halogens is 1. The predicted molar refractivity (Wildman–Crippen MR) is 43.2 cm³/mol. The molecule has 4 heteroatoms. The van der Waals surface area contributed by atoms with Gasteiger partial charge >= 0.3 is 0 Å². The molecule has 1 N–H and O–H groups in total. The van der Waals surface area contributed by atoms with Gasteiger partial charge in [0.25, 0.3) is 0 Å². The van der Waals surface area contributed by atoms with E-state index >= 15 is 0 Å². The van der Waals surface area contributed by atoms with Crippen molar-refractivity contribution in [3.63, 3.8) is 0 Å². The van der Waals surface area contributed by atoms with Crippen LogP contribution in [-0.4, -0.2) is 18.3 Å². The van der Waals surface area contributed by atoms with Crippen LogP contribution < -0.4 is 5.32 Å². The summed E-state index contributed by atoms with van der Waals surface area (Å²) in [5, 5.41) is 10.7. The lowest BCUT2D eigenvalue weighted by Crippen LogP contribution is -2.23. The van der Waals surface area contributed by atoms with Gasteiger partial charge in [-0.15, -0.1) is 11.6 Å². The first-order valence-electron chi connectivity index (χ1n) is 3.51. The van der Waals surface area contributed by atoms with Gasteiger partial charge in [0.1, 0.15) is 0 Å². The minimum absolute atomic E-state index is 0.0269. The lowest BCUT2D eigenvalue weighted by molar-refractivity contribution is -0.121. The topological polar surface area (TPSA) is 52.9 Å². The average Bonchev–Trinajstić information content (AvgIpc) is 2.01. The van der Waals surface area contributed by atoms with Crippen LogP contribution in [0.4, 0.5) is 0 Å². The SMILES string of the molecule is N#CCCNC(=O)CCCCl. The maximum Gasteiger partial charge on any atom is 0.220 e. The van der Waals surface area contributed by atoms with Gasteiger partial charge < -0.3 is 5.32 Å². The summed E-state index contributed by atoms with van der Waals surface area (Å²) in [5.74, 6) is 0.479. The number of carbonyl (C=O) groups excluding carboxylic acids is 1. The monoisotopic (exact) mass is 174 g/mol. The molecule has 0 bridgehead atoms. The van der Waals surface area contributed by atoms with Gasteiger partial charge in [-0.2, -0.15) is 5.26 Å². The number of hydrogen-bond acceptors (Lipinski definition) is 2. The van der Waals surface area contributed by atoms with Crippen LogP contribution in [0.25, 0.3) is 0 Å². The Labute approximate surface area is 71.3 Å². The van der Waals surface area contributed by atoms with E-state index < -0.39 is 0 Å². The summed E-state index contributed by atoms with van der Waals surface area (Å²) in [7, 11) is 0. The second-order valence-electron chi connectivity index (χ2n) is 2.05. The molecule has 0 fully saturated rings. The van der Waals surface area contributed by atoms with Gasteiger partial charge in [-0.1, -0.05) is 0 Å². The number of nitriles is 1. The van der Waals surface area contributed by atoms with Crippen molar-refractivity contribution in [3.05, 3.63) is 0 Å². The second kappa shape index (κ2) is 7.36. The van der Waals surface area contributed by atoms with Crippen molar-refractivity contribution in [2.75, 3.05) is 12.4 Å². The summed E-state index contributed by atoms with van der Waals surface area (Å²) in [4.78, 5) is 10.8. The fourth-order valence-corrected chi connectivity index (χ4v) is 0.707. The van der Waals surface area contributed by atoms with Crippen molar-refractivity contribution in [2.24, 2.45) is 0 Å². The molecular formula is C7H11ClN2O. The number of rotatable bonds is 5. The molecule has 0 aromatic rings. The molecule has 3 nitrogen and oxygen atoms in total. The van der Waals surface area contributed by atoms with E-state index in [1.54, 1.807) is 0 Å². The molecular weight excluding hydrogens is 164 g/mol. The van der Waals surface area contributed by atoms with Crippen molar-refractivity contribution >= 4 is 17.5 Å². The highest BCUT2D eigenvalue weighted by Crippen LogP contribution is 1.90. The highest BCUT2D eigenvalue weighted by molar-refractivity contribution is 6.17. The maximum absolute atomic E-state index is 10.8. The van der Waals surface area contributed by atoms with Gasteiger partial charge in [0.15, 0.2) is 0 Å². The highest BCUT2D eigenvalue weighted by Gasteiger charge is 1.97. The van der Waals surface area contributed by atoms with E-state index in [1.807, 2.05) is 6.07 Å². The Hall–Kier alpha value is -0.750. The van der Waals surface area contributed by atoms with Crippen molar-refractivity contribution in [1.82, 2.24) is 5.32 Å². The van der Waals surface area contributed by atoms with Gasteiger partial charge in [-0.05, 0) is 6.42 Å². The molecule has 1 amide bonds. The lowest BCUT2D eigenvalue weighted by atomic mass is 10.3. The summed E-state index contributed by atoms with van der Waals surface area (Å²) in [6.07, 6.45) is 1.52. The third kappa shape index (κ3) is 7.14. The van der Waals surface area contributed by atoms with Crippen LogP contribution in [0.3, 0.4) is 0 Å². The Balaban J connectivity index is 3.17. The fraction of sp³-hybridized carbons (Fsp3) is 0.714. The molecule has 0 rings (SSSR count). The van der Waals surface area contributed by atoms with Crippen LogP contribution in [0.15, 0.2) is 0 Å². The summed E-state index contributed by atoms with van der Waals surface area (Å²) in [6, 6.07) is 1.94. The smallest absolute Gasteiger partial charge is 0.220 e. The van der Waals surface area contributed by atoms with Crippen molar-refractivity contribution in [2.45, 2.75) is 19.3 Å². The molecule has 0 atom stereocenters. The molecule has 0 saturated heterocycles. The molecule has 0 aromatic heterocycles. The van der Waals surface area contributed by atoms with Gasteiger partial charge in [-0.25, -0.2) is 0 Å². The summed E-state index contributed by atoms with van der Waals surface area (Å²) >= 11 is 5.37. The number of carbonyl (C=O) groups is 1. The van der Waals surface area contributed by atoms with Gasteiger partial charge in [0.2, 0.25) is 5.91 Å². The number of hydrogen-bond donors (Lipinski definition) is 1. The third-order valence-corrected chi connectivity index (χ3v) is 1.36. The average molecular weight is 175 g/mol. The third-order valence-electron chi connectivity index (χ3n) is 1.10. The molecule has 0 aliphatic rings. The zero-order valence-corrected chi connectivity index (χ0v) is 7.02. The Bertz CT molecular complexity index is 153. The molecule has 0 saturated carbocycles. The first-order valence-corrected chi connectivity index (χ1v) is 4.04. The van der Waals surface area contributed by atoms with Crippen LogP contribution in [0, 0.1) is 11.3 Å². The van der Waals surface area contributed by atoms with Gasteiger partial charge in [0.05, 0.1) is 12.5 Å². The quantitative estimate of drug-likeness (QED) is 0.500. The minimum atomic E-state index is -0.0269. The number of alkyl halides is 1. The van der Waals surface area contributed by atoms with Gasteiger partial charge in [-0.3, -0.25) is 4.79 Å². The van der Waals surface area contributed by atoms with Crippen LogP contribution in [0.2, 0.25) is 0 Å². The largest absolute Gasteiger partial charge is 0.355 e. The number of nitrogens with zero attached hydrogens (tertiary/aromatic N) is 1. The highest BCUT2D eigenvalue weighted by atomic mass is 35.5. The summed E-state index contributed by atoms with van der Waals surface area (Å²) in [5.41, 5.74) is 0. The maximum atomic E-state index is 10.8. The Kier molecular flexibility index (Phi) is 6.86. The Morgan fingerprint density at radius 3 is 2.91 bits per heavy atom. The molecule has 0 aliphatic carbocycles. The second-order valence-corrected chi connectivity index (χ2v) is 2.43. The molecule has 0 aromatic carbocycles. The van der Waals surface area contributed by atoms with Crippen molar-refractivity contribution in [1.29, 1.82) is 5.26 Å². The van der Waals surface area contributed by atoms with E-state index in [4.69, 9.17) is 16.9 Å². The fourth-order valence-electron chi connectivity index (χ4n) is 0.574. The molecule has 11 heavy (non-hydrogen) atoms. The van der Waals surface area contributed by atoms with E-state index in [1.165, 1.54) is 0 Å². The molecule has 0 unspecified atom stereocenters. The van der Waals surface area contributed by atoms with Crippen molar-refractivity contribution in [3.8, 4) is 6.07 Å². The van der Waals surface area contributed by atoms with Crippen LogP contribution in [0.5, 0.6) is 0 Å².